The highest BCUT2D eigenvalue weighted by atomic mass is 14.0. The molecule has 0 heterocycles. The summed E-state index contributed by atoms with van der Waals surface area (Å²) < 4.78 is 0. The Morgan fingerprint density at radius 1 is 0.682 bits per heavy atom. The quantitative estimate of drug-likeness (QED) is 0.333. The van der Waals surface area contributed by atoms with Gasteiger partial charge in [-0.1, -0.05) is 102 Å². The van der Waals surface area contributed by atoms with E-state index < -0.39 is 0 Å². The zero-order chi connectivity index (χ0) is 18.0. The van der Waals surface area contributed by atoms with Gasteiger partial charge in [0.25, 0.3) is 0 Å². The van der Waals surface area contributed by atoms with Crippen LogP contribution in [0.4, 0.5) is 0 Å². The fourth-order valence-corrected chi connectivity index (χ4v) is 0.887. The summed E-state index contributed by atoms with van der Waals surface area (Å²) in [5, 5.41) is 0. The van der Waals surface area contributed by atoms with Crippen molar-refractivity contribution in [3.8, 4) is 0 Å². The molecule has 0 aromatic rings. The molecule has 0 aromatic carbocycles. The van der Waals surface area contributed by atoms with E-state index in [1.165, 1.54) is 6.42 Å². The van der Waals surface area contributed by atoms with Crippen LogP contribution in [0.2, 0.25) is 0 Å². The van der Waals surface area contributed by atoms with E-state index in [0.717, 1.165) is 35.1 Å². The van der Waals surface area contributed by atoms with Gasteiger partial charge in [-0.05, 0) is 30.9 Å². The van der Waals surface area contributed by atoms with Gasteiger partial charge in [0, 0.05) is 0 Å². The van der Waals surface area contributed by atoms with Crippen LogP contribution in [0.5, 0.6) is 0 Å². The van der Waals surface area contributed by atoms with Crippen molar-refractivity contribution in [3.05, 3.63) is 85.6 Å². The molecule has 0 N–H and O–H groups in total. The van der Waals surface area contributed by atoms with Crippen molar-refractivity contribution in [2.45, 2.75) is 53.9 Å². The van der Waals surface area contributed by atoms with Gasteiger partial charge in [0.15, 0.2) is 0 Å². The van der Waals surface area contributed by atoms with E-state index in [4.69, 9.17) is 0 Å². The van der Waals surface area contributed by atoms with Crippen LogP contribution in [-0.4, -0.2) is 0 Å². The van der Waals surface area contributed by atoms with Crippen molar-refractivity contribution in [2.24, 2.45) is 0 Å². The van der Waals surface area contributed by atoms with E-state index in [2.05, 4.69) is 60.6 Å². The van der Waals surface area contributed by atoms with Crippen LogP contribution < -0.4 is 0 Å². The Bertz CT molecular complexity index is 364. The molecular formula is C22H36. The lowest BCUT2D eigenvalue weighted by molar-refractivity contribution is 1.09. The monoisotopic (exact) mass is 300 g/mol. The molecule has 0 bridgehead atoms. The van der Waals surface area contributed by atoms with Gasteiger partial charge in [-0.2, -0.15) is 0 Å². The Labute approximate surface area is 140 Å². The van der Waals surface area contributed by atoms with E-state index in [-0.39, 0.29) is 0 Å². The Kier molecular flexibility index (Phi) is 21.9. The zero-order valence-corrected chi connectivity index (χ0v) is 15.5. The highest BCUT2D eigenvalue weighted by molar-refractivity contribution is 5.45. The molecule has 0 heteroatoms. The maximum absolute atomic E-state index is 3.96. The third-order valence-corrected chi connectivity index (χ3v) is 2.36. The maximum Gasteiger partial charge on any atom is -0.0262 e. The Hall–Kier alpha value is -1.82. The highest BCUT2D eigenvalue weighted by Gasteiger charge is 1.92. The number of rotatable bonds is 7. The largest absolute Gasteiger partial charge is 0.103 e. The standard InChI is InChI=1S/C16H22.C3H8.C3H6/c1-7-13(3)9-11-15(5)16(6)12-10-14(4)8-2;2*1-3-2/h9-12H,3-8H2,1-2H3;3H2,1-2H3;3H,1H2,2H3/b11-9-,12-10-;;. The molecule has 0 atom stereocenters. The first-order valence-corrected chi connectivity index (χ1v) is 8.01. The van der Waals surface area contributed by atoms with E-state index in [9.17, 15) is 0 Å². The molecule has 0 spiro atoms. The second kappa shape index (κ2) is 19.2. The highest BCUT2D eigenvalue weighted by Crippen LogP contribution is 2.12. The van der Waals surface area contributed by atoms with Crippen molar-refractivity contribution in [2.75, 3.05) is 0 Å². The first-order chi connectivity index (χ1) is 10.3. The van der Waals surface area contributed by atoms with Crippen LogP contribution in [0.25, 0.3) is 0 Å². The number of hydrogen-bond donors (Lipinski definition) is 0. The predicted molar refractivity (Wildman–Crippen MR) is 107 cm³/mol. The Balaban J connectivity index is -0.000000515. The summed E-state index contributed by atoms with van der Waals surface area (Å²) in [6.45, 7) is 29.4. The Morgan fingerprint density at radius 2 is 0.909 bits per heavy atom. The summed E-state index contributed by atoms with van der Waals surface area (Å²) in [7, 11) is 0. The molecule has 0 amide bonds. The molecule has 0 aliphatic rings. The van der Waals surface area contributed by atoms with E-state index in [0.29, 0.717) is 0 Å². The third kappa shape index (κ3) is 20.5. The van der Waals surface area contributed by atoms with Gasteiger partial charge in [-0.3, -0.25) is 0 Å². The molecule has 0 fully saturated rings. The summed E-state index contributed by atoms with van der Waals surface area (Å²) in [6.07, 6.45) is 12.8. The molecule has 0 aromatic heterocycles. The molecule has 0 rings (SSSR count). The fraction of sp³-hybridized carbons (Fsp3) is 0.364. The fourth-order valence-electron chi connectivity index (χ4n) is 0.887. The molecule has 0 aliphatic carbocycles. The van der Waals surface area contributed by atoms with Crippen LogP contribution in [0.3, 0.4) is 0 Å². The SMILES string of the molecule is C=C(/C=C\C(=C)C(=C)/C=C\C(=C)CC)CC.C=CC.CCC. The van der Waals surface area contributed by atoms with Gasteiger partial charge in [0.2, 0.25) is 0 Å². The molecule has 0 nitrogen and oxygen atoms in total. The molecule has 0 saturated carbocycles. The van der Waals surface area contributed by atoms with E-state index in [1.54, 1.807) is 6.08 Å². The lowest BCUT2D eigenvalue weighted by Gasteiger charge is -2.00. The molecule has 0 aliphatic heterocycles. The molecule has 124 valence electrons. The summed E-state index contributed by atoms with van der Waals surface area (Å²) in [6, 6.07) is 0. The minimum atomic E-state index is 0.912. The Morgan fingerprint density at radius 3 is 1.09 bits per heavy atom. The zero-order valence-electron chi connectivity index (χ0n) is 15.5. The molecular weight excluding hydrogens is 264 g/mol. The first kappa shape index (κ1) is 25.2. The second-order valence-electron chi connectivity index (χ2n) is 4.86. The first-order valence-electron chi connectivity index (χ1n) is 8.01. The van der Waals surface area contributed by atoms with Crippen molar-refractivity contribution < 1.29 is 0 Å². The topological polar surface area (TPSA) is 0 Å². The van der Waals surface area contributed by atoms with E-state index >= 15 is 0 Å². The van der Waals surface area contributed by atoms with Crippen LogP contribution in [0, 0.1) is 0 Å². The third-order valence-electron chi connectivity index (χ3n) is 2.36. The summed E-state index contributed by atoms with van der Waals surface area (Å²) in [4.78, 5) is 0. The van der Waals surface area contributed by atoms with Crippen molar-refractivity contribution in [1.29, 1.82) is 0 Å². The number of hydrogen-bond acceptors (Lipinski definition) is 0. The summed E-state index contributed by atoms with van der Waals surface area (Å²) in [5.41, 5.74) is 4.01. The van der Waals surface area contributed by atoms with Gasteiger partial charge >= 0.3 is 0 Å². The summed E-state index contributed by atoms with van der Waals surface area (Å²) >= 11 is 0. The smallest absolute Gasteiger partial charge is 0.0262 e. The molecule has 0 saturated heterocycles. The van der Waals surface area contributed by atoms with Gasteiger partial charge in [0.1, 0.15) is 0 Å². The lowest BCUT2D eigenvalue weighted by Crippen LogP contribution is -1.80. The molecule has 22 heavy (non-hydrogen) atoms. The van der Waals surface area contributed by atoms with Crippen LogP contribution in [0.1, 0.15) is 53.9 Å². The van der Waals surface area contributed by atoms with Crippen LogP contribution in [0.15, 0.2) is 85.6 Å². The molecule has 0 unspecified atom stereocenters. The average molecular weight is 301 g/mol. The van der Waals surface area contributed by atoms with Gasteiger partial charge in [-0.25, -0.2) is 0 Å². The summed E-state index contributed by atoms with van der Waals surface area (Å²) in [5.74, 6) is 0. The van der Waals surface area contributed by atoms with Crippen molar-refractivity contribution in [3.63, 3.8) is 0 Å². The second-order valence-corrected chi connectivity index (χ2v) is 4.86. The van der Waals surface area contributed by atoms with Gasteiger partial charge in [0.05, 0.1) is 0 Å². The van der Waals surface area contributed by atoms with E-state index in [1.807, 2.05) is 31.2 Å². The minimum absolute atomic E-state index is 0.912. The normalized spacial score (nSPS) is 9.32. The van der Waals surface area contributed by atoms with Gasteiger partial charge in [-0.15, -0.1) is 6.58 Å². The van der Waals surface area contributed by atoms with Crippen LogP contribution in [-0.2, 0) is 0 Å². The van der Waals surface area contributed by atoms with Crippen molar-refractivity contribution >= 4 is 0 Å². The number of allylic oxidation sites excluding steroid dienone is 9. The molecule has 0 radical (unpaired) electrons. The van der Waals surface area contributed by atoms with Gasteiger partial charge < -0.3 is 0 Å². The maximum atomic E-state index is 3.96. The predicted octanol–water partition coefficient (Wildman–Crippen LogP) is 7.75. The average Bonchev–Trinajstić information content (AvgIpc) is 2.50. The van der Waals surface area contributed by atoms with Crippen molar-refractivity contribution in [1.82, 2.24) is 0 Å². The van der Waals surface area contributed by atoms with Crippen LogP contribution >= 0.6 is 0 Å². The minimum Gasteiger partial charge on any atom is -0.103 e. The lowest BCUT2D eigenvalue weighted by atomic mass is 10.1.